The number of carbonyl (C=O) groups excluding carboxylic acids is 3. The molecule has 4 aromatic rings. The zero-order valence-electron chi connectivity index (χ0n) is 17.0. The van der Waals surface area contributed by atoms with Crippen molar-refractivity contribution in [2.45, 2.75) is 6.54 Å². The van der Waals surface area contributed by atoms with Gasteiger partial charge in [0.25, 0.3) is 17.7 Å². The van der Waals surface area contributed by atoms with Gasteiger partial charge in [0, 0.05) is 25.1 Å². The van der Waals surface area contributed by atoms with Crippen molar-refractivity contribution in [1.29, 1.82) is 0 Å². The van der Waals surface area contributed by atoms with Crippen LogP contribution in [0.25, 0.3) is 11.0 Å². The van der Waals surface area contributed by atoms with Crippen molar-refractivity contribution in [2.75, 3.05) is 17.2 Å². The van der Waals surface area contributed by atoms with E-state index in [1.54, 1.807) is 18.2 Å². The van der Waals surface area contributed by atoms with Crippen LogP contribution in [0.1, 0.15) is 26.5 Å². The molecule has 0 fully saturated rings. The van der Waals surface area contributed by atoms with Gasteiger partial charge >= 0.3 is 0 Å². The SMILES string of the molecule is O=C1COc2ccc(CNC(=O)c3ncnc4c(NC(=O)c5cnccn5)c[nH]c34)cc2N1. The maximum atomic E-state index is 12.8. The highest BCUT2D eigenvalue weighted by molar-refractivity contribution is 6.10. The van der Waals surface area contributed by atoms with Crippen molar-refractivity contribution in [3.63, 3.8) is 0 Å². The molecule has 0 saturated carbocycles. The summed E-state index contributed by atoms with van der Waals surface area (Å²) >= 11 is 0. The summed E-state index contributed by atoms with van der Waals surface area (Å²) in [6.45, 7) is 0.175. The molecule has 1 aliphatic rings. The molecule has 4 heterocycles. The van der Waals surface area contributed by atoms with E-state index in [4.69, 9.17) is 4.74 Å². The Kier molecular flexibility index (Phi) is 5.07. The number of hydrogen-bond acceptors (Lipinski definition) is 8. The molecule has 3 aromatic heterocycles. The van der Waals surface area contributed by atoms with Crippen LogP contribution in [0.2, 0.25) is 0 Å². The Morgan fingerprint density at radius 3 is 2.88 bits per heavy atom. The van der Waals surface area contributed by atoms with E-state index >= 15 is 0 Å². The monoisotopic (exact) mass is 444 g/mol. The third-order valence-electron chi connectivity index (χ3n) is 4.85. The van der Waals surface area contributed by atoms with Crippen LogP contribution in [-0.2, 0) is 11.3 Å². The van der Waals surface area contributed by atoms with Gasteiger partial charge in [0.05, 0.1) is 23.1 Å². The second kappa shape index (κ2) is 8.34. The molecular weight excluding hydrogens is 428 g/mol. The van der Waals surface area contributed by atoms with Gasteiger partial charge in [-0.2, -0.15) is 0 Å². The minimum Gasteiger partial charge on any atom is -0.482 e. The van der Waals surface area contributed by atoms with Crippen LogP contribution in [0.15, 0.2) is 49.3 Å². The first-order valence-corrected chi connectivity index (χ1v) is 9.82. The lowest BCUT2D eigenvalue weighted by Gasteiger charge is -2.18. The number of amides is 3. The third-order valence-corrected chi connectivity index (χ3v) is 4.85. The molecular formula is C21H16N8O4. The molecule has 3 amide bonds. The number of benzene rings is 1. The van der Waals surface area contributed by atoms with Gasteiger partial charge in [-0.15, -0.1) is 0 Å². The highest BCUT2D eigenvalue weighted by Gasteiger charge is 2.19. The number of carbonyl (C=O) groups is 3. The Labute approximate surface area is 185 Å². The Hall–Kier alpha value is -4.87. The molecule has 1 aromatic carbocycles. The number of fused-ring (bicyclic) bond motifs is 2. The Balaban J connectivity index is 1.32. The zero-order valence-corrected chi connectivity index (χ0v) is 17.0. The first kappa shape index (κ1) is 20.1. The van der Waals surface area contributed by atoms with Gasteiger partial charge < -0.3 is 25.7 Å². The molecule has 12 nitrogen and oxygen atoms in total. The summed E-state index contributed by atoms with van der Waals surface area (Å²) in [5, 5.41) is 8.22. The highest BCUT2D eigenvalue weighted by atomic mass is 16.5. The van der Waals surface area contributed by atoms with Crippen molar-refractivity contribution in [3.8, 4) is 5.75 Å². The van der Waals surface area contributed by atoms with Crippen molar-refractivity contribution < 1.29 is 19.1 Å². The van der Waals surface area contributed by atoms with Crippen molar-refractivity contribution in [1.82, 2.24) is 30.2 Å². The second-order valence-electron chi connectivity index (χ2n) is 7.04. The lowest BCUT2D eigenvalue weighted by atomic mass is 10.1. The third kappa shape index (κ3) is 4.04. The number of aromatic amines is 1. The van der Waals surface area contributed by atoms with Gasteiger partial charge in [0.2, 0.25) is 0 Å². The molecule has 33 heavy (non-hydrogen) atoms. The summed E-state index contributed by atoms with van der Waals surface area (Å²) in [5.74, 6) is -0.559. The van der Waals surface area contributed by atoms with E-state index in [1.165, 1.54) is 31.1 Å². The second-order valence-corrected chi connectivity index (χ2v) is 7.04. The minimum atomic E-state index is -0.461. The topological polar surface area (TPSA) is 164 Å². The highest BCUT2D eigenvalue weighted by Crippen LogP contribution is 2.28. The predicted molar refractivity (Wildman–Crippen MR) is 116 cm³/mol. The van der Waals surface area contributed by atoms with E-state index < -0.39 is 11.8 Å². The lowest BCUT2D eigenvalue weighted by Crippen LogP contribution is -2.26. The molecule has 5 rings (SSSR count). The Morgan fingerprint density at radius 1 is 1.12 bits per heavy atom. The van der Waals surface area contributed by atoms with E-state index in [0.717, 1.165) is 5.56 Å². The lowest BCUT2D eigenvalue weighted by molar-refractivity contribution is -0.118. The summed E-state index contributed by atoms with van der Waals surface area (Å²) in [6, 6.07) is 5.26. The molecule has 4 N–H and O–H groups in total. The molecule has 0 saturated heterocycles. The fraction of sp³-hybridized carbons (Fsp3) is 0.0952. The van der Waals surface area contributed by atoms with Crippen molar-refractivity contribution in [3.05, 3.63) is 66.3 Å². The van der Waals surface area contributed by atoms with Crippen LogP contribution in [0.4, 0.5) is 11.4 Å². The van der Waals surface area contributed by atoms with Gasteiger partial charge in [0.1, 0.15) is 23.3 Å². The van der Waals surface area contributed by atoms with Gasteiger partial charge in [0.15, 0.2) is 12.3 Å². The Bertz CT molecular complexity index is 1390. The number of aromatic nitrogens is 5. The maximum Gasteiger partial charge on any atom is 0.275 e. The van der Waals surface area contributed by atoms with E-state index in [2.05, 4.69) is 40.9 Å². The molecule has 164 valence electrons. The van der Waals surface area contributed by atoms with Crippen LogP contribution >= 0.6 is 0 Å². The van der Waals surface area contributed by atoms with Gasteiger partial charge in [-0.1, -0.05) is 6.07 Å². The standard InChI is InChI=1S/C21H16N8O4/c30-16-9-33-15-2-1-11(5-12(15)28-16)6-25-21(32)19-18-17(26-10-27-19)13(8-24-18)29-20(31)14-7-22-3-4-23-14/h1-5,7-8,10,24H,6,9H2,(H,25,32)(H,28,30)(H,29,31). The maximum absolute atomic E-state index is 12.8. The largest absolute Gasteiger partial charge is 0.482 e. The van der Waals surface area contributed by atoms with E-state index in [1.807, 2.05) is 0 Å². The van der Waals surface area contributed by atoms with Gasteiger partial charge in [-0.05, 0) is 17.7 Å². The summed E-state index contributed by atoms with van der Waals surface area (Å²) < 4.78 is 5.33. The number of nitrogens with one attached hydrogen (secondary N) is 4. The van der Waals surface area contributed by atoms with Crippen molar-refractivity contribution >= 4 is 40.1 Å². The molecule has 0 bridgehead atoms. The van der Waals surface area contributed by atoms with Crippen LogP contribution < -0.4 is 20.7 Å². The number of hydrogen-bond donors (Lipinski definition) is 4. The van der Waals surface area contributed by atoms with Crippen LogP contribution in [0.5, 0.6) is 5.75 Å². The summed E-state index contributed by atoms with van der Waals surface area (Å²) in [7, 11) is 0. The molecule has 12 heteroatoms. The predicted octanol–water partition coefficient (Wildman–Crippen LogP) is 1.26. The normalized spacial score (nSPS) is 12.4. The fourth-order valence-corrected chi connectivity index (χ4v) is 3.32. The Morgan fingerprint density at radius 2 is 2.03 bits per heavy atom. The number of H-pyrrole nitrogens is 1. The summed E-state index contributed by atoms with van der Waals surface area (Å²) in [5.41, 5.74) is 2.70. The van der Waals surface area contributed by atoms with Gasteiger partial charge in [-0.3, -0.25) is 19.4 Å². The number of rotatable bonds is 5. The molecule has 0 unspecified atom stereocenters. The smallest absolute Gasteiger partial charge is 0.275 e. The van der Waals surface area contributed by atoms with Gasteiger partial charge in [-0.25, -0.2) is 15.0 Å². The quantitative estimate of drug-likeness (QED) is 0.357. The average molecular weight is 444 g/mol. The van der Waals surface area contributed by atoms with Crippen LogP contribution in [0, 0.1) is 0 Å². The average Bonchev–Trinajstić information content (AvgIpc) is 3.25. The first-order valence-electron chi connectivity index (χ1n) is 9.82. The van der Waals surface area contributed by atoms with Crippen LogP contribution in [0.3, 0.4) is 0 Å². The molecule has 0 atom stereocenters. The van der Waals surface area contributed by atoms with Crippen LogP contribution in [-0.4, -0.2) is 49.2 Å². The minimum absolute atomic E-state index is 0.0237. The molecule has 1 aliphatic heterocycles. The van der Waals surface area contributed by atoms with E-state index in [-0.39, 0.29) is 30.4 Å². The molecule has 0 radical (unpaired) electrons. The summed E-state index contributed by atoms with van der Waals surface area (Å²) in [6.07, 6.45) is 6.99. The first-order chi connectivity index (χ1) is 16.1. The fourth-order valence-electron chi connectivity index (χ4n) is 3.32. The number of ether oxygens (including phenoxy) is 1. The van der Waals surface area contributed by atoms with E-state index in [9.17, 15) is 14.4 Å². The molecule has 0 spiro atoms. The zero-order chi connectivity index (χ0) is 22.8. The molecule has 0 aliphatic carbocycles. The number of nitrogens with zero attached hydrogens (tertiary/aromatic N) is 4. The van der Waals surface area contributed by atoms with Crippen molar-refractivity contribution in [2.24, 2.45) is 0 Å². The van der Waals surface area contributed by atoms with E-state index in [0.29, 0.717) is 28.2 Å². The summed E-state index contributed by atoms with van der Waals surface area (Å²) in [4.78, 5) is 55.7. The number of anilines is 2.